The highest BCUT2D eigenvalue weighted by atomic mass is 19.1. The van der Waals surface area contributed by atoms with Crippen molar-refractivity contribution in [2.75, 3.05) is 12.8 Å². The van der Waals surface area contributed by atoms with Gasteiger partial charge in [0.2, 0.25) is 0 Å². The fourth-order valence-electron chi connectivity index (χ4n) is 1.76. The molecule has 0 radical (unpaired) electrons. The van der Waals surface area contributed by atoms with Crippen molar-refractivity contribution in [2.24, 2.45) is 0 Å². The van der Waals surface area contributed by atoms with E-state index < -0.39 is 5.82 Å². The third kappa shape index (κ3) is 3.28. The van der Waals surface area contributed by atoms with Gasteiger partial charge in [-0.05, 0) is 30.3 Å². The molecule has 2 aromatic rings. The Bertz CT molecular complexity index is 566. The molecule has 5 heteroatoms. The molecule has 0 fully saturated rings. The molecule has 0 aliphatic carbocycles. The topological polar surface area (TPSA) is 59.2 Å². The Morgan fingerprint density at radius 2 is 2.16 bits per heavy atom. The molecule has 0 saturated heterocycles. The van der Waals surface area contributed by atoms with Gasteiger partial charge in [-0.3, -0.25) is 9.78 Å². The maximum absolute atomic E-state index is 13.2. The lowest BCUT2D eigenvalue weighted by atomic mass is 10.1. The number of halogens is 1. The number of nitrogens with zero attached hydrogens (tertiary/aromatic N) is 2. The van der Waals surface area contributed by atoms with E-state index in [0.29, 0.717) is 6.54 Å². The predicted octanol–water partition coefficient (Wildman–Crippen LogP) is 2.08. The van der Waals surface area contributed by atoms with Crippen LogP contribution in [0.2, 0.25) is 0 Å². The number of benzene rings is 1. The fraction of sp³-hybridized carbons (Fsp3) is 0.143. The van der Waals surface area contributed by atoms with E-state index in [1.165, 1.54) is 23.1 Å². The number of anilines is 1. The maximum atomic E-state index is 13.2. The SMILES string of the molecule is CN(Cc1ccccn1)C(=O)c1cc(N)cc(F)c1. The van der Waals surface area contributed by atoms with Crippen molar-refractivity contribution in [3.05, 3.63) is 59.7 Å². The fourth-order valence-corrected chi connectivity index (χ4v) is 1.76. The summed E-state index contributed by atoms with van der Waals surface area (Å²) in [5.74, 6) is -0.813. The third-order valence-corrected chi connectivity index (χ3v) is 2.64. The van der Waals surface area contributed by atoms with Crippen LogP contribution in [0.3, 0.4) is 0 Å². The quantitative estimate of drug-likeness (QED) is 0.858. The number of hydrogen-bond donors (Lipinski definition) is 1. The monoisotopic (exact) mass is 259 g/mol. The average molecular weight is 259 g/mol. The van der Waals surface area contributed by atoms with Crippen LogP contribution in [0, 0.1) is 5.82 Å². The number of aromatic nitrogens is 1. The number of carbonyl (C=O) groups excluding carboxylic acids is 1. The maximum Gasteiger partial charge on any atom is 0.254 e. The van der Waals surface area contributed by atoms with Gasteiger partial charge < -0.3 is 10.6 Å². The van der Waals surface area contributed by atoms with Crippen LogP contribution in [0.1, 0.15) is 16.1 Å². The number of nitrogen functional groups attached to an aromatic ring is 1. The van der Waals surface area contributed by atoms with E-state index in [9.17, 15) is 9.18 Å². The van der Waals surface area contributed by atoms with Gasteiger partial charge in [0.15, 0.2) is 0 Å². The van der Waals surface area contributed by atoms with Crippen LogP contribution in [0.4, 0.5) is 10.1 Å². The molecule has 0 unspecified atom stereocenters. The molecule has 1 amide bonds. The van der Waals surface area contributed by atoms with E-state index in [-0.39, 0.29) is 17.2 Å². The average Bonchev–Trinajstić information content (AvgIpc) is 2.37. The van der Waals surface area contributed by atoms with Crippen molar-refractivity contribution >= 4 is 11.6 Å². The van der Waals surface area contributed by atoms with Crippen molar-refractivity contribution in [3.63, 3.8) is 0 Å². The molecular formula is C14H14FN3O. The molecule has 2 N–H and O–H groups in total. The first-order valence-corrected chi connectivity index (χ1v) is 5.77. The summed E-state index contributed by atoms with van der Waals surface area (Å²) in [5.41, 5.74) is 6.76. The Morgan fingerprint density at radius 1 is 1.37 bits per heavy atom. The molecule has 0 aliphatic rings. The minimum absolute atomic E-state index is 0.231. The van der Waals surface area contributed by atoms with Crippen molar-refractivity contribution in [1.82, 2.24) is 9.88 Å². The first-order valence-electron chi connectivity index (χ1n) is 5.77. The molecule has 0 aliphatic heterocycles. The highest BCUT2D eigenvalue weighted by Gasteiger charge is 2.14. The second-order valence-electron chi connectivity index (χ2n) is 4.26. The van der Waals surface area contributed by atoms with Gasteiger partial charge in [0, 0.05) is 24.5 Å². The molecule has 98 valence electrons. The molecule has 0 bridgehead atoms. The van der Waals surface area contributed by atoms with Crippen LogP contribution in [0.5, 0.6) is 0 Å². The van der Waals surface area contributed by atoms with E-state index >= 15 is 0 Å². The standard InChI is InChI=1S/C14H14FN3O/c1-18(9-13-4-2-3-5-17-13)14(19)10-6-11(15)8-12(16)7-10/h2-8H,9,16H2,1H3. The smallest absolute Gasteiger partial charge is 0.254 e. The second-order valence-corrected chi connectivity index (χ2v) is 4.26. The van der Waals surface area contributed by atoms with Gasteiger partial charge in [0.25, 0.3) is 5.91 Å². The summed E-state index contributed by atoms with van der Waals surface area (Å²) in [5, 5.41) is 0. The van der Waals surface area contributed by atoms with Crippen LogP contribution >= 0.6 is 0 Å². The molecule has 0 atom stereocenters. The van der Waals surface area contributed by atoms with Crippen molar-refractivity contribution in [1.29, 1.82) is 0 Å². The van der Waals surface area contributed by atoms with Crippen LogP contribution < -0.4 is 5.73 Å². The zero-order valence-corrected chi connectivity index (χ0v) is 10.5. The summed E-state index contributed by atoms with van der Waals surface area (Å²) >= 11 is 0. The Hall–Kier alpha value is -2.43. The summed E-state index contributed by atoms with van der Waals surface area (Å²) in [6, 6.07) is 9.28. The molecule has 2 rings (SSSR count). The Labute approximate surface area is 110 Å². The van der Waals surface area contributed by atoms with Gasteiger partial charge in [-0.25, -0.2) is 4.39 Å². The lowest BCUT2D eigenvalue weighted by Gasteiger charge is -2.17. The second kappa shape index (κ2) is 5.48. The predicted molar refractivity (Wildman–Crippen MR) is 70.8 cm³/mol. The molecular weight excluding hydrogens is 245 g/mol. The Balaban J connectivity index is 2.15. The first-order chi connectivity index (χ1) is 9.06. The number of pyridine rings is 1. The van der Waals surface area contributed by atoms with Crippen molar-refractivity contribution < 1.29 is 9.18 Å². The minimum atomic E-state index is -0.519. The van der Waals surface area contributed by atoms with Crippen molar-refractivity contribution in [2.45, 2.75) is 6.54 Å². The summed E-state index contributed by atoms with van der Waals surface area (Å²) < 4.78 is 13.2. The van der Waals surface area contributed by atoms with Crippen LogP contribution in [-0.2, 0) is 6.54 Å². The van der Waals surface area contributed by atoms with E-state index in [1.807, 2.05) is 12.1 Å². The van der Waals surface area contributed by atoms with Crippen LogP contribution in [0.25, 0.3) is 0 Å². The van der Waals surface area contributed by atoms with Crippen LogP contribution in [-0.4, -0.2) is 22.8 Å². The van der Waals surface area contributed by atoms with E-state index in [0.717, 1.165) is 5.69 Å². The molecule has 1 heterocycles. The van der Waals surface area contributed by atoms with Gasteiger partial charge in [0.1, 0.15) is 5.82 Å². The summed E-state index contributed by atoms with van der Waals surface area (Å²) in [7, 11) is 1.64. The first kappa shape index (κ1) is 13.0. The number of carbonyl (C=O) groups is 1. The van der Waals surface area contributed by atoms with Gasteiger partial charge in [0.05, 0.1) is 12.2 Å². The van der Waals surface area contributed by atoms with E-state index in [2.05, 4.69) is 4.98 Å². The lowest BCUT2D eigenvalue weighted by molar-refractivity contribution is 0.0783. The zero-order chi connectivity index (χ0) is 13.8. The summed E-state index contributed by atoms with van der Waals surface area (Å²) in [6.45, 7) is 0.357. The number of nitrogens with two attached hydrogens (primary N) is 1. The van der Waals surface area contributed by atoms with Gasteiger partial charge in [-0.1, -0.05) is 6.07 Å². The molecule has 4 nitrogen and oxygen atoms in total. The highest BCUT2D eigenvalue weighted by molar-refractivity contribution is 5.94. The lowest BCUT2D eigenvalue weighted by Crippen LogP contribution is -2.26. The van der Waals surface area contributed by atoms with E-state index in [4.69, 9.17) is 5.73 Å². The van der Waals surface area contributed by atoms with Crippen molar-refractivity contribution in [3.8, 4) is 0 Å². The molecule has 1 aromatic carbocycles. The van der Waals surface area contributed by atoms with E-state index in [1.54, 1.807) is 19.3 Å². The zero-order valence-electron chi connectivity index (χ0n) is 10.5. The number of rotatable bonds is 3. The normalized spacial score (nSPS) is 10.2. The molecule has 1 aromatic heterocycles. The third-order valence-electron chi connectivity index (χ3n) is 2.64. The molecule has 0 spiro atoms. The number of amides is 1. The Morgan fingerprint density at radius 3 is 2.79 bits per heavy atom. The largest absolute Gasteiger partial charge is 0.399 e. The summed E-state index contributed by atoms with van der Waals surface area (Å²) in [4.78, 5) is 17.7. The summed E-state index contributed by atoms with van der Waals surface area (Å²) in [6.07, 6.45) is 1.66. The van der Waals surface area contributed by atoms with Gasteiger partial charge in [-0.2, -0.15) is 0 Å². The van der Waals surface area contributed by atoms with Gasteiger partial charge >= 0.3 is 0 Å². The molecule has 0 saturated carbocycles. The highest BCUT2D eigenvalue weighted by Crippen LogP contribution is 2.13. The Kier molecular flexibility index (Phi) is 3.75. The van der Waals surface area contributed by atoms with Gasteiger partial charge in [-0.15, -0.1) is 0 Å². The molecule has 19 heavy (non-hydrogen) atoms. The number of hydrogen-bond acceptors (Lipinski definition) is 3. The van der Waals surface area contributed by atoms with Crippen LogP contribution in [0.15, 0.2) is 42.6 Å². The minimum Gasteiger partial charge on any atom is -0.399 e.